The largest absolute Gasteiger partial charge is 0.497 e. The predicted molar refractivity (Wildman–Crippen MR) is 135 cm³/mol. The molecule has 3 amide bonds. The minimum absolute atomic E-state index is 0.00483. The molecule has 0 radical (unpaired) electrons. The highest BCUT2D eigenvalue weighted by Gasteiger charge is 2.46. The number of likely N-dealkylation sites (tertiary alicyclic amines) is 1. The van der Waals surface area contributed by atoms with E-state index in [1.54, 1.807) is 16.9 Å². The summed E-state index contributed by atoms with van der Waals surface area (Å²) in [6, 6.07) is 12.0. The van der Waals surface area contributed by atoms with E-state index in [0.29, 0.717) is 50.5 Å². The van der Waals surface area contributed by atoms with Gasteiger partial charge < -0.3 is 24.8 Å². The molecule has 8 nitrogen and oxygen atoms in total. The van der Waals surface area contributed by atoms with Crippen LogP contribution in [0.25, 0.3) is 0 Å². The van der Waals surface area contributed by atoms with Gasteiger partial charge in [-0.25, -0.2) is 4.39 Å². The molecule has 37 heavy (non-hydrogen) atoms. The van der Waals surface area contributed by atoms with Crippen LogP contribution in [0.15, 0.2) is 48.5 Å². The van der Waals surface area contributed by atoms with Crippen molar-refractivity contribution in [1.29, 1.82) is 0 Å². The van der Waals surface area contributed by atoms with Crippen LogP contribution in [-0.4, -0.2) is 84.3 Å². The Balaban J connectivity index is 1.43. The van der Waals surface area contributed by atoms with Crippen LogP contribution in [-0.2, 0) is 16.1 Å². The molecule has 1 saturated carbocycles. The summed E-state index contributed by atoms with van der Waals surface area (Å²) in [6.07, 6.45) is 2.10. The van der Waals surface area contributed by atoms with Gasteiger partial charge in [-0.1, -0.05) is 12.1 Å². The van der Waals surface area contributed by atoms with E-state index in [1.165, 1.54) is 24.3 Å². The van der Waals surface area contributed by atoms with Crippen LogP contribution in [0.5, 0.6) is 5.75 Å². The smallest absolute Gasteiger partial charge is 0.254 e. The number of carbonyl (C=O) groups is 3. The lowest BCUT2D eigenvalue weighted by molar-refractivity contribution is -0.137. The summed E-state index contributed by atoms with van der Waals surface area (Å²) in [7, 11) is 1.61. The van der Waals surface area contributed by atoms with E-state index in [-0.39, 0.29) is 36.2 Å². The molecule has 2 saturated heterocycles. The molecule has 0 bridgehead atoms. The van der Waals surface area contributed by atoms with Crippen molar-refractivity contribution in [2.45, 2.75) is 37.9 Å². The first-order valence-corrected chi connectivity index (χ1v) is 12.9. The Bertz CT molecular complexity index is 1150. The normalized spacial score (nSPS) is 21.6. The zero-order valence-corrected chi connectivity index (χ0v) is 21.1. The molecule has 3 fully saturated rings. The van der Waals surface area contributed by atoms with Gasteiger partial charge in [0, 0.05) is 50.7 Å². The number of nitrogens with zero attached hydrogens (tertiary/aromatic N) is 3. The molecule has 5 rings (SSSR count). The van der Waals surface area contributed by atoms with Crippen molar-refractivity contribution in [2.75, 3.05) is 39.8 Å². The summed E-state index contributed by atoms with van der Waals surface area (Å²) in [5, 5.41) is 3.25. The lowest BCUT2D eigenvalue weighted by Gasteiger charge is -2.32. The van der Waals surface area contributed by atoms with Crippen LogP contribution in [0.4, 0.5) is 4.39 Å². The topological polar surface area (TPSA) is 82.2 Å². The van der Waals surface area contributed by atoms with Gasteiger partial charge in [-0.2, -0.15) is 0 Å². The van der Waals surface area contributed by atoms with E-state index in [4.69, 9.17) is 4.74 Å². The molecule has 9 heteroatoms. The second-order valence-electron chi connectivity index (χ2n) is 10.0. The minimum atomic E-state index is -0.680. The number of rotatable bonds is 7. The average Bonchev–Trinajstić information content (AvgIpc) is 3.70. The number of ether oxygens (including phenoxy) is 1. The van der Waals surface area contributed by atoms with Crippen LogP contribution in [0.1, 0.15) is 35.2 Å². The van der Waals surface area contributed by atoms with Crippen molar-refractivity contribution in [2.24, 2.45) is 5.92 Å². The predicted octanol–water partition coefficient (Wildman–Crippen LogP) is 2.29. The molecule has 2 heterocycles. The molecule has 3 aliphatic rings. The maximum absolute atomic E-state index is 13.7. The molecule has 1 aliphatic carbocycles. The highest BCUT2D eigenvalue weighted by Crippen LogP contribution is 2.35. The van der Waals surface area contributed by atoms with Crippen LogP contribution >= 0.6 is 0 Å². The highest BCUT2D eigenvalue weighted by atomic mass is 19.1. The SMILES string of the molecule is COc1cccc(CN(C(=O)C2CC2)C2CC(C(=O)N3CCNCC3)N(C(=O)c3ccc(F)cc3)C2)c1. The number of nitrogens with one attached hydrogen (secondary N) is 1. The first kappa shape index (κ1) is 25.2. The van der Waals surface area contributed by atoms with Crippen LogP contribution in [0.2, 0.25) is 0 Å². The summed E-state index contributed by atoms with van der Waals surface area (Å²) in [5.74, 6) is -0.0747. The summed E-state index contributed by atoms with van der Waals surface area (Å²) in [6.45, 7) is 3.19. The zero-order chi connectivity index (χ0) is 25.9. The maximum Gasteiger partial charge on any atom is 0.254 e. The molecular formula is C28H33FN4O4. The van der Waals surface area contributed by atoms with Crippen molar-refractivity contribution in [3.05, 3.63) is 65.5 Å². The zero-order valence-electron chi connectivity index (χ0n) is 21.1. The van der Waals surface area contributed by atoms with Gasteiger partial charge in [0.05, 0.1) is 13.2 Å². The Morgan fingerprint density at radius 1 is 1.08 bits per heavy atom. The van der Waals surface area contributed by atoms with E-state index >= 15 is 0 Å². The molecule has 2 atom stereocenters. The van der Waals surface area contributed by atoms with E-state index in [2.05, 4.69) is 5.32 Å². The lowest BCUT2D eigenvalue weighted by Crippen LogP contribution is -2.53. The van der Waals surface area contributed by atoms with Gasteiger partial charge in [-0.3, -0.25) is 14.4 Å². The minimum Gasteiger partial charge on any atom is -0.497 e. The second-order valence-corrected chi connectivity index (χ2v) is 10.0. The summed E-state index contributed by atoms with van der Waals surface area (Å²) in [4.78, 5) is 45.9. The van der Waals surface area contributed by atoms with Crippen molar-refractivity contribution >= 4 is 17.7 Å². The molecule has 2 aliphatic heterocycles. The van der Waals surface area contributed by atoms with Gasteiger partial charge >= 0.3 is 0 Å². The third-order valence-electron chi connectivity index (χ3n) is 7.48. The Morgan fingerprint density at radius 3 is 2.49 bits per heavy atom. The van der Waals surface area contributed by atoms with Crippen molar-refractivity contribution in [1.82, 2.24) is 20.0 Å². The molecule has 2 aromatic carbocycles. The highest BCUT2D eigenvalue weighted by molar-refractivity contribution is 5.98. The first-order chi connectivity index (χ1) is 17.9. The molecule has 2 aromatic rings. The molecule has 196 valence electrons. The van der Waals surface area contributed by atoms with Gasteiger partial charge in [-0.15, -0.1) is 0 Å². The lowest BCUT2D eigenvalue weighted by atomic mass is 10.1. The fourth-order valence-corrected chi connectivity index (χ4v) is 5.27. The number of carbonyl (C=O) groups excluding carboxylic acids is 3. The van der Waals surface area contributed by atoms with E-state index in [0.717, 1.165) is 18.4 Å². The van der Waals surface area contributed by atoms with Gasteiger partial charge in [0.2, 0.25) is 11.8 Å². The summed E-state index contributed by atoms with van der Waals surface area (Å²) in [5.41, 5.74) is 1.26. The maximum atomic E-state index is 13.7. The fourth-order valence-electron chi connectivity index (χ4n) is 5.27. The Hall–Kier alpha value is -3.46. The summed E-state index contributed by atoms with van der Waals surface area (Å²) >= 11 is 0. The molecule has 0 aromatic heterocycles. The molecular weight excluding hydrogens is 475 g/mol. The standard InChI is InChI=1S/C28H33FN4O4/c1-37-24-4-2-3-19(15-24)17-32(26(34)20-5-6-20)23-16-25(28(36)31-13-11-30-12-14-31)33(18-23)27(35)21-7-9-22(29)10-8-21/h2-4,7-10,15,20,23,25,30H,5-6,11-14,16-18H2,1H3. The molecule has 0 spiro atoms. The molecule has 2 unspecified atom stereocenters. The Labute approximate surface area is 216 Å². The van der Waals surface area contributed by atoms with Crippen molar-refractivity contribution in [3.8, 4) is 5.75 Å². The number of halogens is 1. The van der Waals surface area contributed by atoms with Gasteiger partial charge in [0.1, 0.15) is 17.6 Å². The van der Waals surface area contributed by atoms with E-state index in [9.17, 15) is 18.8 Å². The second kappa shape index (κ2) is 10.9. The van der Waals surface area contributed by atoms with E-state index < -0.39 is 11.9 Å². The van der Waals surface area contributed by atoms with Crippen LogP contribution in [0.3, 0.4) is 0 Å². The van der Waals surface area contributed by atoms with E-state index in [1.807, 2.05) is 29.2 Å². The van der Waals surface area contributed by atoms with Crippen molar-refractivity contribution < 1.29 is 23.5 Å². The number of hydrogen-bond acceptors (Lipinski definition) is 5. The first-order valence-electron chi connectivity index (χ1n) is 12.9. The average molecular weight is 509 g/mol. The molecule has 1 N–H and O–H groups in total. The monoisotopic (exact) mass is 508 g/mol. The van der Waals surface area contributed by atoms with Crippen molar-refractivity contribution in [3.63, 3.8) is 0 Å². The van der Waals surface area contributed by atoms with Crippen LogP contribution in [0, 0.1) is 11.7 Å². The third-order valence-corrected chi connectivity index (χ3v) is 7.48. The number of methoxy groups -OCH3 is 1. The van der Waals surface area contributed by atoms with Gasteiger partial charge in [0.25, 0.3) is 5.91 Å². The quantitative estimate of drug-likeness (QED) is 0.621. The fraction of sp³-hybridized carbons (Fsp3) is 0.464. The number of hydrogen-bond donors (Lipinski definition) is 1. The number of piperazine rings is 1. The third kappa shape index (κ3) is 5.61. The Kier molecular flexibility index (Phi) is 7.41. The summed E-state index contributed by atoms with van der Waals surface area (Å²) < 4.78 is 18.9. The number of benzene rings is 2. The van der Waals surface area contributed by atoms with Crippen LogP contribution < -0.4 is 10.1 Å². The Morgan fingerprint density at radius 2 is 1.81 bits per heavy atom. The van der Waals surface area contributed by atoms with Gasteiger partial charge in [0.15, 0.2) is 0 Å². The van der Waals surface area contributed by atoms with Gasteiger partial charge in [-0.05, 0) is 61.2 Å². The number of amides is 3.